The fraction of sp³-hybridized carbons (Fsp3) is 0.267. The summed E-state index contributed by atoms with van der Waals surface area (Å²) in [5.74, 6) is 0.164. The number of halogens is 1. The van der Waals surface area contributed by atoms with Crippen LogP contribution in [0.5, 0.6) is 0 Å². The fourth-order valence-electron chi connectivity index (χ4n) is 2.33. The Morgan fingerprint density at radius 3 is 2.74 bits per heavy atom. The van der Waals surface area contributed by atoms with Gasteiger partial charge in [-0.05, 0) is 36.6 Å². The van der Waals surface area contributed by atoms with Gasteiger partial charge in [0.25, 0.3) is 0 Å². The van der Waals surface area contributed by atoms with Crippen LogP contribution in [0.4, 0.5) is 4.79 Å². The Morgan fingerprint density at radius 1 is 1.35 bits per heavy atom. The predicted octanol–water partition coefficient (Wildman–Crippen LogP) is 2.99. The molecule has 1 N–H and O–H groups in total. The van der Waals surface area contributed by atoms with Crippen molar-refractivity contribution in [2.45, 2.75) is 18.1 Å². The number of aromatic nitrogens is 1. The first kappa shape index (κ1) is 15.9. The number of amides is 3. The van der Waals surface area contributed by atoms with E-state index in [1.54, 1.807) is 30.3 Å². The van der Waals surface area contributed by atoms with Gasteiger partial charge in [0.2, 0.25) is 5.91 Å². The highest BCUT2D eigenvalue weighted by atomic mass is 35.5. The van der Waals surface area contributed by atoms with E-state index in [9.17, 15) is 9.59 Å². The van der Waals surface area contributed by atoms with Gasteiger partial charge in [-0.1, -0.05) is 28.9 Å². The first-order chi connectivity index (χ1) is 11.0. The Balaban J connectivity index is 1.79. The van der Waals surface area contributed by atoms with Gasteiger partial charge in [0.1, 0.15) is 6.26 Å². The van der Waals surface area contributed by atoms with E-state index in [0.717, 1.165) is 11.3 Å². The van der Waals surface area contributed by atoms with Gasteiger partial charge in [-0.3, -0.25) is 14.4 Å². The van der Waals surface area contributed by atoms with Gasteiger partial charge in [0.15, 0.2) is 0 Å². The molecular weight excluding hydrogens is 338 g/mol. The molecule has 2 heterocycles. The molecule has 1 aromatic carbocycles. The monoisotopic (exact) mass is 351 g/mol. The molecule has 8 heteroatoms. The normalized spacial score (nSPS) is 21.4. The van der Waals surface area contributed by atoms with Crippen molar-refractivity contribution in [3.63, 3.8) is 0 Å². The Labute approximate surface area is 142 Å². The van der Waals surface area contributed by atoms with E-state index in [0.29, 0.717) is 10.8 Å². The highest BCUT2D eigenvalue weighted by Gasteiger charge is 2.44. The van der Waals surface area contributed by atoms with Crippen molar-refractivity contribution < 1.29 is 14.1 Å². The molecule has 1 aromatic heterocycles. The predicted molar refractivity (Wildman–Crippen MR) is 86.8 cm³/mol. The van der Waals surface area contributed by atoms with Crippen molar-refractivity contribution in [2.24, 2.45) is 0 Å². The third-order valence-corrected chi connectivity index (χ3v) is 5.03. The molecule has 0 aliphatic carbocycles. The second-order valence-corrected chi connectivity index (χ2v) is 6.82. The van der Waals surface area contributed by atoms with Crippen LogP contribution in [-0.2, 0) is 16.0 Å². The van der Waals surface area contributed by atoms with Crippen LogP contribution in [0.2, 0.25) is 5.02 Å². The summed E-state index contributed by atoms with van der Waals surface area (Å²) in [6, 6.07) is 8.39. The lowest BCUT2D eigenvalue weighted by Crippen LogP contribution is -2.59. The molecule has 1 saturated heterocycles. The maximum atomic E-state index is 12.4. The zero-order valence-electron chi connectivity index (χ0n) is 12.3. The number of nitrogens with zero attached hydrogens (tertiary/aromatic N) is 2. The number of benzene rings is 1. The van der Waals surface area contributed by atoms with Crippen LogP contribution in [0.1, 0.15) is 18.2 Å². The van der Waals surface area contributed by atoms with Crippen LogP contribution in [0.25, 0.3) is 0 Å². The van der Waals surface area contributed by atoms with Crippen LogP contribution >= 0.6 is 23.5 Å². The average molecular weight is 352 g/mol. The minimum atomic E-state index is -0.838. The Morgan fingerprint density at radius 2 is 2.09 bits per heavy atom. The average Bonchev–Trinajstić information content (AvgIpc) is 3.04. The van der Waals surface area contributed by atoms with E-state index in [4.69, 9.17) is 16.1 Å². The molecule has 3 amide bonds. The Kier molecular flexibility index (Phi) is 4.32. The molecule has 23 heavy (non-hydrogen) atoms. The van der Waals surface area contributed by atoms with Crippen molar-refractivity contribution in [2.75, 3.05) is 6.54 Å². The van der Waals surface area contributed by atoms with Crippen molar-refractivity contribution in [1.82, 2.24) is 14.8 Å². The van der Waals surface area contributed by atoms with Gasteiger partial charge in [0.05, 0.1) is 23.4 Å². The Hall–Kier alpha value is -1.99. The van der Waals surface area contributed by atoms with Gasteiger partial charge in [-0.2, -0.15) is 0 Å². The van der Waals surface area contributed by atoms with Gasteiger partial charge >= 0.3 is 6.03 Å². The molecule has 3 rings (SSSR count). The lowest BCUT2D eigenvalue weighted by Gasteiger charge is -2.38. The van der Waals surface area contributed by atoms with Crippen LogP contribution in [0, 0.1) is 0 Å². The number of hydrogen-bond donors (Lipinski definition) is 1. The maximum Gasteiger partial charge on any atom is 0.334 e. The smallest absolute Gasteiger partial charge is 0.334 e. The number of hydrogen-bond acceptors (Lipinski definition) is 5. The Bertz CT molecular complexity index is 720. The molecule has 1 aliphatic rings. The third kappa shape index (κ3) is 3.20. The molecule has 1 aliphatic heterocycles. The van der Waals surface area contributed by atoms with Crippen molar-refractivity contribution in [1.29, 1.82) is 0 Å². The molecule has 1 unspecified atom stereocenters. The number of rotatable bonds is 4. The van der Waals surface area contributed by atoms with Crippen LogP contribution in [-0.4, -0.2) is 27.9 Å². The fourth-order valence-corrected chi connectivity index (χ4v) is 3.40. The summed E-state index contributed by atoms with van der Waals surface area (Å²) >= 11 is 7.19. The third-order valence-electron chi connectivity index (χ3n) is 3.75. The van der Waals surface area contributed by atoms with E-state index in [-0.39, 0.29) is 12.5 Å². The van der Waals surface area contributed by atoms with Crippen LogP contribution in [0.15, 0.2) is 41.1 Å². The molecule has 1 fully saturated rings. The van der Waals surface area contributed by atoms with E-state index in [1.807, 2.05) is 6.92 Å². The maximum absolute atomic E-state index is 12.4. The molecule has 0 saturated carbocycles. The summed E-state index contributed by atoms with van der Waals surface area (Å²) in [4.78, 5) is 24.4. The van der Waals surface area contributed by atoms with E-state index >= 15 is 0 Å². The lowest BCUT2D eigenvalue weighted by atomic mass is 9.80. The molecule has 2 aromatic rings. The largest absolute Gasteiger partial charge is 0.364 e. The van der Waals surface area contributed by atoms with Gasteiger partial charge in [0, 0.05) is 11.1 Å². The van der Waals surface area contributed by atoms with E-state index in [2.05, 4.69) is 10.5 Å². The topological polar surface area (TPSA) is 75.4 Å². The van der Waals surface area contributed by atoms with Crippen LogP contribution in [0.3, 0.4) is 0 Å². The molecule has 120 valence electrons. The second-order valence-electron chi connectivity index (χ2n) is 5.40. The first-order valence-electron chi connectivity index (χ1n) is 6.90. The number of nitrogens with one attached hydrogen (secondary N) is 1. The minimum Gasteiger partial charge on any atom is -0.364 e. The quantitative estimate of drug-likeness (QED) is 0.857. The second kappa shape index (κ2) is 6.25. The van der Waals surface area contributed by atoms with Gasteiger partial charge < -0.3 is 4.52 Å². The van der Waals surface area contributed by atoms with Gasteiger partial charge in [-0.25, -0.2) is 4.79 Å². The summed E-state index contributed by atoms with van der Waals surface area (Å²) in [5, 5.41) is 6.82. The van der Waals surface area contributed by atoms with Gasteiger partial charge in [-0.15, -0.1) is 0 Å². The first-order valence-corrected chi connectivity index (χ1v) is 8.22. The number of imide groups is 1. The molecule has 0 radical (unpaired) electrons. The van der Waals surface area contributed by atoms with E-state index in [1.165, 1.54) is 22.5 Å². The van der Waals surface area contributed by atoms with Crippen molar-refractivity contribution >= 4 is 35.5 Å². The molecule has 1 atom stereocenters. The van der Waals surface area contributed by atoms with E-state index < -0.39 is 11.4 Å². The highest BCUT2D eigenvalue weighted by molar-refractivity contribution is 7.96. The number of carbonyl (C=O) groups excluding carboxylic acids is 2. The molecular formula is C15H14ClN3O3S. The standard InChI is InChI=1S/C15H14ClN3O3S/c1-15(10-2-4-11(16)5-3-10)9-19(14(21)17-13(15)20)23-8-12-6-7-22-18-12/h2-7H,8-9H2,1H3,(H,17,20,21). The van der Waals surface area contributed by atoms with Crippen LogP contribution < -0.4 is 5.32 Å². The highest BCUT2D eigenvalue weighted by Crippen LogP contribution is 2.32. The number of urea groups is 1. The lowest BCUT2D eigenvalue weighted by molar-refractivity contribution is -0.126. The molecule has 0 bridgehead atoms. The summed E-state index contributed by atoms with van der Waals surface area (Å²) in [6.45, 7) is 2.07. The summed E-state index contributed by atoms with van der Waals surface area (Å²) in [7, 11) is 0. The van der Waals surface area contributed by atoms with Crippen molar-refractivity contribution in [3.8, 4) is 0 Å². The number of carbonyl (C=O) groups is 2. The summed E-state index contributed by atoms with van der Waals surface area (Å²) in [5.41, 5.74) is 0.696. The SMILES string of the molecule is CC1(c2ccc(Cl)cc2)CN(SCc2ccon2)C(=O)NC1=O. The zero-order chi connectivity index (χ0) is 16.4. The summed E-state index contributed by atoms with van der Waals surface area (Å²) < 4.78 is 6.30. The minimum absolute atomic E-state index is 0.266. The summed E-state index contributed by atoms with van der Waals surface area (Å²) in [6.07, 6.45) is 1.48. The van der Waals surface area contributed by atoms with Crippen molar-refractivity contribution in [3.05, 3.63) is 52.9 Å². The zero-order valence-corrected chi connectivity index (χ0v) is 13.9. The molecule has 0 spiro atoms. The molecule has 6 nitrogen and oxygen atoms in total.